The number of ether oxygens (including phenoxy) is 1. The van der Waals surface area contributed by atoms with Crippen LogP contribution >= 0.6 is 11.3 Å². The smallest absolute Gasteiger partial charge is 0.273 e. The summed E-state index contributed by atoms with van der Waals surface area (Å²) in [5.74, 6) is 0.472. The predicted octanol–water partition coefficient (Wildman–Crippen LogP) is 4.15. The van der Waals surface area contributed by atoms with E-state index in [1.165, 1.54) is 29.7 Å². The molecule has 0 saturated heterocycles. The first-order valence-electron chi connectivity index (χ1n) is 6.16. The number of aryl methyl sites for hydroxylation is 1. The zero-order valence-electron chi connectivity index (χ0n) is 11.5. The van der Waals surface area contributed by atoms with E-state index in [4.69, 9.17) is 4.74 Å². The number of hydrogen-bond acceptors (Lipinski definition) is 5. The van der Waals surface area contributed by atoms with Crippen molar-refractivity contribution in [1.82, 2.24) is 0 Å². The molecule has 1 unspecified atom stereocenters. The van der Waals surface area contributed by atoms with Crippen molar-refractivity contribution in [2.75, 3.05) is 12.4 Å². The fourth-order valence-electron chi connectivity index (χ4n) is 2.04. The Hall–Kier alpha value is -2.08. The Morgan fingerprint density at radius 1 is 1.40 bits per heavy atom. The van der Waals surface area contributed by atoms with Crippen molar-refractivity contribution in [2.45, 2.75) is 19.9 Å². The molecular formula is C14H16N2O3S. The molecule has 2 aromatic rings. The van der Waals surface area contributed by atoms with Gasteiger partial charge in [-0.05, 0) is 36.9 Å². The Labute approximate surface area is 121 Å². The van der Waals surface area contributed by atoms with Gasteiger partial charge in [-0.1, -0.05) is 0 Å². The quantitative estimate of drug-likeness (QED) is 0.664. The van der Waals surface area contributed by atoms with Crippen LogP contribution in [0.1, 0.15) is 23.4 Å². The number of methoxy groups -OCH3 is 1. The average molecular weight is 292 g/mol. The lowest BCUT2D eigenvalue weighted by Gasteiger charge is -2.17. The summed E-state index contributed by atoms with van der Waals surface area (Å²) in [6, 6.07) is 6.77. The molecule has 0 fully saturated rings. The number of hydrogen-bond donors (Lipinski definition) is 1. The number of benzene rings is 1. The van der Waals surface area contributed by atoms with Crippen molar-refractivity contribution < 1.29 is 9.66 Å². The van der Waals surface area contributed by atoms with Gasteiger partial charge in [0.15, 0.2) is 0 Å². The third-order valence-corrected chi connectivity index (χ3v) is 4.26. The zero-order chi connectivity index (χ0) is 14.7. The summed E-state index contributed by atoms with van der Waals surface area (Å²) in [5.41, 5.74) is 2.00. The molecule has 106 valence electrons. The summed E-state index contributed by atoms with van der Waals surface area (Å²) in [5, 5.41) is 16.2. The third-order valence-electron chi connectivity index (χ3n) is 3.06. The van der Waals surface area contributed by atoms with Gasteiger partial charge in [0.05, 0.1) is 29.8 Å². The van der Waals surface area contributed by atoms with Gasteiger partial charge in [0.25, 0.3) is 5.69 Å². The second-order valence-electron chi connectivity index (χ2n) is 4.48. The number of nitrogens with zero attached hydrogens (tertiary/aromatic N) is 1. The molecule has 5 nitrogen and oxygen atoms in total. The lowest BCUT2D eigenvalue weighted by atomic mass is 10.1. The standard InChI is InChI=1S/C14H16N2O3S/c1-9-6-7-20-14(9)10(2)15-12-5-4-11(16(17)18)8-13(12)19-3/h4-8,10,15H,1-3H3. The van der Waals surface area contributed by atoms with Crippen LogP contribution in [0.25, 0.3) is 0 Å². The molecular weight excluding hydrogens is 276 g/mol. The van der Waals surface area contributed by atoms with Crippen LogP contribution in [-0.4, -0.2) is 12.0 Å². The van der Waals surface area contributed by atoms with E-state index in [1.807, 2.05) is 0 Å². The molecule has 0 amide bonds. The van der Waals surface area contributed by atoms with E-state index in [0.29, 0.717) is 5.75 Å². The second-order valence-corrected chi connectivity index (χ2v) is 5.42. The number of nitrogens with one attached hydrogen (secondary N) is 1. The van der Waals surface area contributed by atoms with Gasteiger partial charge in [0, 0.05) is 10.9 Å². The zero-order valence-corrected chi connectivity index (χ0v) is 12.4. The van der Waals surface area contributed by atoms with Crippen LogP contribution in [0.3, 0.4) is 0 Å². The van der Waals surface area contributed by atoms with Crippen molar-refractivity contribution in [2.24, 2.45) is 0 Å². The molecule has 0 aliphatic heterocycles. The van der Waals surface area contributed by atoms with Crippen LogP contribution in [0, 0.1) is 17.0 Å². The first-order valence-corrected chi connectivity index (χ1v) is 7.04. The molecule has 0 saturated carbocycles. The molecule has 1 aromatic carbocycles. The summed E-state index contributed by atoms with van der Waals surface area (Å²) in [7, 11) is 1.51. The highest BCUT2D eigenvalue weighted by Crippen LogP contribution is 2.33. The van der Waals surface area contributed by atoms with Crippen molar-refractivity contribution >= 4 is 22.7 Å². The van der Waals surface area contributed by atoms with Gasteiger partial charge in [-0.25, -0.2) is 0 Å². The molecule has 0 radical (unpaired) electrons. The molecule has 6 heteroatoms. The van der Waals surface area contributed by atoms with Crippen molar-refractivity contribution in [3.8, 4) is 5.75 Å². The summed E-state index contributed by atoms with van der Waals surface area (Å²) in [4.78, 5) is 11.6. The number of nitro benzene ring substituents is 1. The molecule has 0 spiro atoms. The highest BCUT2D eigenvalue weighted by molar-refractivity contribution is 7.10. The summed E-state index contributed by atoms with van der Waals surface area (Å²) in [6.07, 6.45) is 0. The first-order chi connectivity index (χ1) is 9.52. The Balaban J connectivity index is 2.25. The normalized spacial score (nSPS) is 11.9. The van der Waals surface area contributed by atoms with Crippen LogP contribution in [0.2, 0.25) is 0 Å². The topological polar surface area (TPSA) is 64.4 Å². The third kappa shape index (κ3) is 2.91. The highest BCUT2D eigenvalue weighted by atomic mass is 32.1. The van der Waals surface area contributed by atoms with Gasteiger partial charge < -0.3 is 10.1 Å². The Morgan fingerprint density at radius 2 is 2.15 bits per heavy atom. The molecule has 1 atom stereocenters. The lowest BCUT2D eigenvalue weighted by molar-refractivity contribution is -0.384. The minimum Gasteiger partial charge on any atom is -0.494 e. The van der Waals surface area contributed by atoms with Crippen LogP contribution in [0.5, 0.6) is 5.75 Å². The number of nitro groups is 1. The van der Waals surface area contributed by atoms with E-state index in [2.05, 4.69) is 30.6 Å². The van der Waals surface area contributed by atoms with Crippen molar-refractivity contribution in [3.05, 3.63) is 50.2 Å². The largest absolute Gasteiger partial charge is 0.494 e. The van der Waals surface area contributed by atoms with E-state index in [1.54, 1.807) is 17.4 Å². The Morgan fingerprint density at radius 3 is 2.70 bits per heavy atom. The van der Waals surface area contributed by atoms with Gasteiger partial charge in [-0.15, -0.1) is 11.3 Å². The Kier molecular flexibility index (Phi) is 4.24. The van der Waals surface area contributed by atoms with E-state index in [-0.39, 0.29) is 11.7 Å². The van der Waals surface area contributed by atoms with Gasteiger partial charge in [0.2, 0.25) is 0 Å². The fraction of sp³-hybridized carbons (Fsp3) is 0.286. The van der Waals surface area contributed by atoms with E-state index in [9.17, 15) is 10.1 Å². The summed E-state index contributed by atoms with van der Waals surface area (Å²) < 4.78 is 5.22. The predicted molar refractivity (Wildman–Crippen MR) is 80.7 cm³/mol. The molecule has 2 rings (SSSR count). The van der Waals surface area contributed by atoms with Crippen LogP contribution in [0.15, 0.2) is 29.6 Å². The fourth-order valence-corrected chi connectivity index (χ4v) is 2.98. The van der Waals surface area contributed by atoms with Gasteiger partial charge in [-0.2, -0.15) is 0 Å². The number of anilines is 1. The van der Waals surface area contributed by atoms with E-state index >= 15 is 0 Å². The molecule has 1 heterocycles. The minimum absolute atomic E-state index is 0.0207. The average Bonchev–Trinajstić information content (AvgIpc) is 2.85. The van der Waals surface area contributed by atoms with E-state index < -0.39 is 4.92 Å². The second kappa shape index (κ2) is 5.92. The van der Waals surface area contributed by atoms with Crippen molar-refractivity contribution in [3.63, 3.8) is 0 Å². The van der Waals surface area contributed by atoms with Gasteiger partial charge >= 0.3 is 0 Å². The Bertz CT molecular complexity index is 625. The number of non-ortho nitro benzene ring substituents is 1. The maximum absolute atomic E-state index is 10.8. The van der Waals surface area contributed by atoms with Gasteiger partial charge in [0.1, 0.15) is 5.75 Å². The molecule has 0 aliphatic carbocycles. The molecule has 20 heavy (non-hydrogen) atoms. The number of thiophene rings is 1. The summed E-state index contributed by atoms with van der Waals surface area (Å²) >= 11 is 1.69. The molecule has 0 bridgehead atoms. The van der Waals surface area contributed by atoms with Gasteiger partial charge in [-0.3, -0.25) is 10.1 Å². The highest BCUT2D eigenvalue weighted by Gasteiger charge is 2.15. The molecule has 1 N–H and O–H groups in total. The maximum atomic E-state index is 10.8. The maximum Gasteiger partial charge on any atom is 0.273 e. The SMILES string of the molecule is COc1cc([N+](=O)[O-])ccc1NC(C)c1sccc1C. The molecule has 0 aliphatic rings. The first kappa shape index (κ1) is 14.3. The monoisotopic (exact) mass is 292 g/mol. The molecule has 1 aromatic heterocycles. The van der Waals surface area contributed by atoms with E-state index in [0.717, 1.165) is 5.69 Å². The number of rotatable bonds is 5. The summed E-state index contributed by atoms with van der Waals surface area (Å²) in [6.45, 7) is 4.12. The lowest BCUT2D eigenvalue weighted by Crippen LogP contribution is -2.07. The van der Waals surface area contributed by atoms with Crippen molar-refractivity contribution in [1.29, 1.82) is 0 Å². The van der Waals surface area contributed by atoms with Crippen LogP contribution in [-0.2, 0) is 0 Å². The van der Waals surface area contributed by atoms with Crippen LogP contribution in [0.4, 0.5) is 11.4 Å². The minimum atomic E-state index is -0.431. The van der Waals surface area contributed by atoms with Crippen LogP contribution < -0.4 is 10.1 Å².